The number of anilines is 1. The van der Waals surface area contributed by atoms with Gasteiger partial charge in [-0.05, 0) is 176 Å². The van der Waals surface area contributed by atoms with Crippen LogP contribution in [-0.2, 0) is 33.5 Å². The number of aromatic amines is 2. The Labute approximate surface area is 437 Å². The summed E-state index contributed by atoms with van der Waals surface area (Å²) in [6, 6.07) is 51.7. The van der Waals surface area contributed by atoms with Crippen LogP contribution < -0.4 is 40.0 Å². The minimum atomic E-state index is -0.938. The van der Waals surface area contributed by atoms with Crippen LogP contribution in [0, 0.1) is 0 Å². The summed E-state index contributed by atoms with van der Waals surface area (Å²) < 4.78 is 0. The quantitative estimate of drug-likeness (QED) is 0.126. The summed E-state index contributed by atoms with van der Waals surface area (Å²) in [7, 11) is 0. The summed E-state index contributed by atoms with van der Waals surface area (Å²) in [6.07, 6.45) is 10.5. The van der Waals surface area contributed by atoms with E-state index in [0.29, 0.717) is 6.42 Å². The van der Waals surface area contributed by atoms with E-state index in [2.05, 4.69) is 157 Å². The number of benzene rings is 6. The van der Waals surface area contributed by atoms with Crippen molar-refractivity contribution in [3.63, 3.8) is 0 Å². The van der Waals surface area contributed by atoms with E-state index in [-0.39, 0.29) is 64.6 Å². The van der Waals surface area contributed by atoms with E-state index in [1.165, 1.54) is 77.0 Å². The predicted octanol–water partition coefficient (Wildman–Crippen LogP) is 8.25. The van der Waals surface area contributed by atoms with Crippen molar-refractivity contribution in [2.75, 3.05) is 31.5 Å². The molecular formula is C61H59N6NaO3. The normalized spacial score (nSPS) is 19.1. The Kier molecular flexibility index (Phi) is 13.2. The van der Waals surface area contributed by atoms with Crippen LogP contribution in [0.3, 0.4) is 0 Å². The maximum absolute atomic E-state index is 12.9. The monoisotopic (exact) mass is 946 g/mol. The van der Waals surface area contributed by atoms with Gasteiger partial charge in [-0.25, -0.2) is 0 Å². The topological polar surface area (TPSA) is 120 Å². The molecule has 71 heavy (non-hydrogen) atoms. The zero-order valence-corrected chi connectivity index (χ0v) is 42.6. The first-order valence-corrected chi connectivity index (χ1v) is 25.3. The Morgan fingerprint density at radius 2 is 0.986 bits per heavy atom. The third-order valence-electron chi connectivity index (χ3n) is 16.6. The van der Waals surface area contributed by atoms with Gasteiger partial charge in [-0.3, -0.25) is 19.6 Å². The van der Waals surface area contributed by atoms with E-state index in [0.717, 1.165) is 83.5 Å². The number of pyridine rings is 1. The Balaban J connectivity index is 0.000000154. The number of nitrogens with one attached hydrogen (secondary N) is 3. The van der Waals surface area contributed by atoms with Crippen molar-refractivity contribution in [2.45, 2.75) is 87.1 Å². The molecule has 13 rings (SSSR count). The number of fused-ring (bicyclic) bond motifs is 10. The van der Waals surface area contributed by atoms with Crippen LogP contribution >= 0.6 is 0 Å². The molecule has 2 aliphatic heterocycles. The number of likely N-dealkylation sites (tertiary alicyclic amines) is 2. The molecule has 0 radical (unpaired) electrons. The number of rotatable bonds is 9. The Hall–Kier alpha value is -6.07. The van der Waals surface area contributed by atoms with E-state index >= 15 is 0 Å². The molecule has 5 heterocycles. The van der Waals surface area contributed by atoms with Gasteiger partial charge in [0.2, 0.25) is 5.91 Å². The van der Waals surface area contributed by atoms with Gasteiger partial charge in [-0.2, -0.15) is 0 Å². The molecule has 10 heteroatoms. The minimum absolute atomic E-state index is 0. The van der Waals surface area contributed by atoms with Gasteiger partial charge in [0.25, 0.3) is 0 Å². The number of carbonyl (C=O) groups is 2. The van der Waals surface area contributed by atoms with Crippen molar-refractivity contribution >= 4 is 61.2 Å². The first-order chi connectivity index (χ1) is 34.3. The number of piperidine rings is 2. The molecule has 3 N–H and O–H groups in total. The van der Waals surface area contributed by atoms with Gasteiger partial charge in [0.1, 0.15) is 0 Å². The molecule has 2 aliphatic carbocycles. The molecule has 4 aliphatic rings. The molecular weight excluding hydrogens is 888 g/mol. The van der Waals surface area contributed by atoms with E-state index in [4.69, 9.17) is 0 Å². The Morgan fingerprint density at radius 1 is 0.549 bits per heavy atom. The summed E-state index contributed by atoms with van der Waals surface area (Å²) in [4.78, 5) is 40.5. The summed E-state index contributed by atoms with van der Waals surface area (Å²) >= 11 is 0. The fourth-order valence-corrected chi connectivity index (χ4v) is 13.2. The second-order valence-corrected chi connectivity index (χ2v) is 20.8. The van der Waals surface area contributed by atoms with Crippen LogP contribution in [0.25, 0.3) is 43.6 Å². The molecule has 352 valence electrons. The second kappa shape index (κ2) is 19.9. The average Bonchev–Trinajstić information content (AvgIpc) is 4.11. The first-order valence-electron chi connectivity index (χ1n) is 25.3. The fourth-order valence-electron chi connectivity index (χ4n) is 13.2. The number of carboxylic acids is 1. The van der Waals surface area contributed by atoms with Crippen LogP contribution in [0.4, 0.5) is 5.69 Å². The van der Waals surface area contributed by atoms with Crippen LogP contribution in [0.2, 0.25) is 0 Å². The van der Waals surface area contributed by atoms with E-state index in [1.54, 1.807) is 12.4 Å². The first kappa shape index (κ1) is 47.3. The van der Waals surface area contributed by atoms with Crippen LogP contribution in [0.15, 0.2) is 158 Å². The molecule has 3 aromatic heterocycles. The number of carbonyl (C=O) groups excluding carboxylic acids is 2. The fraction of sp³-hybridized carbons (Fsp3) is 0.295. The third-order valence-corrected chi connectivity index (χ3v) is 16.6. The summed E-state index contributed by atoms with van der Waals surface area (Å²) in [5.41, 5.74) is 14.1. The van der Waals surface area contributed by atoms with Crippen LogP contribution in [0.5, 0.6) is 0 Å². The molecule has 2 spiro atoms. The molecule has 9 nitrogen and oxygen atoms in total. The molecule has 2 atom stereocenters. The molecule has 0 saturated carbocycles. The van der Waals surface area contributed by atoms with Gasteiger partial charge in [0.15, 0.2) is 0 Å². The van der Waals surface area contributed by atoms with Crippen molar-refractivity contribution in [3.05, 3.63) is 191 Å². The van der Waals surface area contributed by atoms with Crippen LogP contribution in [0.1, 0.15) is 96.6 Å². The van der Waals surface area contributed by atoms with Gasteiger partial charge >= 0.3 is 29.6 Å². The molecule has 6 aromatic carbocycles. The van der Waals surface area contributed by atoms with E-state index in [9.17, 15) is 14.7 Å². The number of para-hydroxylation sites is 2. The number of carboxylic acid groups (broad SMARTS) is 1. The number of H-pyrrole nitrogens is 2. The van der Waals surface area contributed by atoms with Crippen LogP contribution in [-0.4, -0.2) is 62.8 Å². The van der Waals surface area contributed by atoms with Gasteiger partial charge in [0, 0.05) is 87.2 Å². The Bertz CT molecular complexity index is 3380. The number of aliphatic carboxylic acids is 1. The van der Waals surface area contributed by atoms with Crippen molar-refractivity contribution < 1.29 is 44.3 Å². The van der Waals surface area contributed by atoms with Crippen molar-refractivity contribution in [1.29, 1.82) is 0 Å². The second-order valence-electron chi connectivity index (χ2n) is 20.8. The summed E-state index contributed by atoms with van der Waals surface area (Å²) in [5.74, 6) is -0.499. The molecule has 2 fully saturated rings. The summed E-state index contributed by atoms with van der Waals surface area (Å²) in [6.45, 7) is 6.17. The molecule has 1 amide bonds. The number of nitrogens with zero attached hydrogens (tertiary/aromatic N) is 3. The SMILES string of the molecule is O=C(CC1CC2(CCN(Cc3ccc4[nH]c5ccccc5c4c3)CC2)c2ccccc21)Nc1ccncc1.O=C([O-])CC1CC2(CCN(Cc3ccc4[nH]c5ccccc5c4c3)CC2)c2ccccc21.[Na+]. The average molecular weight is 947 g/mol. The largest absolute Gasteiger partial charge is 1.00 e. The standard InChI is InChI=1S/C33H32N4O.C28H28N2O2.Na/c38-32(35-25-11-15-34-16-12-25)20-24-21-33(29-7-3-1-5-26(24)29)13-17-37(18-14-33)22-23-9-10-31-28(19-23)27-6-2-4-8-30(27)36-31;31-27(32)16-20-17-28(24-7-3-1-5-21(20)24)11-13-30(14-12-28)18-19-9-10-26-23(15-19)22-6-2-4-8-25(22)29-26;/h1-12,15-16,19,24,36H,13-14,17-18,20-22H2,(H,34,35,38);1-10,15,20,29H,11-14,16-18H2,(H,31,32);/q;;+1/p-1. The smallest absolute Gasteiger partial charge is 0.550 e. The number of aromatic nitrogens is 3. The zero-order valence-electron chi connectivity index (χ0n) is 40.6. The third kappa shape index (κ3) is 9.35. The summed E-state index contributed by atoms with van der Waals surface area (Å²) in [5, 5.41) is 19.6. The zero-order chi connectivity index (χ0) is 47.2. The maximum atomic E-state index is 12.9. The molecule has 2 unspecified atom stereocenters. The molecule has 9 aromatic rings. The predicted molar refractivity (Wildman–Crippen MR) is 279 cm³/mol. The van der Waals surface area contributed by atoms with Crippen molar-refractivity contribution in [1.82, 2.24) is 24.8 Å². The van der Waals surface area contributed by atoms with Crippen molar-refractivity contribution in [3.8, 4) is 0 Å². The van der Waals surface area contributed by atoms with Gasteiger partial charge in [0.05, 0.1) is 0 Å². The number of hydrogen-bond acceptors (Lipinski definition) is 6. The van der Waals surface area contributed by atoms with Gasteiger partial charge < -0.3 is 25.2 Å². The number of hydrogen-bond donors (Lipinski definition) is 3. The number of amides is 1. The van der Waals surface area contributed by atoms with E-state index < -0.39 is 5.97 Å². The van der Waals surface area contributed by atoms with Gasteiger partial charge in [-0.15, -0.1) is 0 Å². The van der Waals surface area contributed by atoms with Crippen molar-refractivity contribution in [2.24, 2.45) is 0 Å². The van der Waals surface area contributed by atoms with E-state index in [1.807, 2.05) is 18.2 Å². The maximum Gasteiger partial charge on any atom is 1.00 e. The van der Waals surface area contributed by atoms with Gasteiger partial charge in [-0.1, -0.05) is 97.1 Å². The Morgan fingerprint density at radius 3 is 1.48 bits per heavy atom. The molecule has 0 bridgehead atoms. The minimum Gasteiger partial charge on any atom is -0.550 e. The molecule has 2 saturated heterocycles.